The molecule has 1 aromatic heterocycles. The Hall–Kier alpha value is -4.90. The van der Waals surface area contributed by atoms with Gasteiger partial charge in [-0.3, -0.25) is 19.8 Å². The molecule has 0 atom stereocenters. The topological polar surface area (TPSA) is 151 Å². The molecule has 11 heteroatoms. The number of rotatable bonds is 8. The van der Waals surface area contributed by atoms with Gasteiger partial charge in [0.2, 0.25) is 0 Å². The summed E-state index contributed by atoms with van der Waals surface area (Å²) in [6.07, 6.45) is 1.60. The molecule has 1 saturated heterocycles. The Morgan fingerprint density at radius 1 is 1.08 bits per heavy atom. The van der Waals surface area contributed by atoms with Gasteiger partial charge in [0.15, 0.2) is 11.5 Å². The Labute approximate surface area is 223 Å². The molecule has 200 valence electrons. The number of hydrogen-bond donors (Lipinski definition) is 3. The minimum Gasteiger partial charge on any atom is -0.508 e. The van der Waals surface area contributed by atoms with Crippen molar-refractivity contribution in [2.45, 2.75) is 25.4 Å². The summed E-state index contributed by atoms with van der Waals surface area (Å²) in [4.78, 5) is 25.6. The number of phenols is 2. The number of nitrogens with zero attached hydrogens (tertiary/aromatic N) is 3. The fourth-order valence-electron chi connectivity index (χ4n) is 4.51. The van der Waals surface area contributed by atoms with Crippen LogP contribution in [0.25, 0.3) is 11.3 Å². The van der Waals surface area contributed by atoms with Crippen molar-refractivity contribution in [3.05, 3.63) is 94.2 Å². The van der Waals surface area contributed by atoms with Gasteiger partial charge in [-0.2, -0.15) is 0 Å². The lowest BCUT2D eigenvalue weighted by atomic mass is 10.0. The lowest BCUT2D eigenvalue weighted by Gasteiger charge is -2.32. The second-order valence-corrected chi connectivity index (χ2v) is 9.28. The van der Waals surface area contributed by atoms with E-state index in [1.165, 1.54) is 42.0 Å². The number of nitro benzene ring substituents is 1. The van der Waals surface area contributed by atoms with Gasteiger partial charge in [-0.1, -0.05) is 35.5 Å². The molecule has 3 N–H and O–H groups in total. The third-order valence-electron chi connectivity index (χ3n) is 6.50. The lowest BCUT2D eigenvalue weighted by molar-refractivity contribution is -0.384. The van der Waals surface area contributed by atoms with Crippen molar-refractivity contribution in [1.29, 1.82) is 0 Å². The van der Waals surface area contributed by atoms with Crippen LogP contribution in [0.15, 0.2) is 77.3 Å². The number of nitro groups is 1. The Morgan fingerprint density at radius 2 is 1.79 bits per heavy atom. The molecule has 0 aliphatic carbocycles. The number of amides is 1. The molecule has 0 radical (unpaired) electrons. The minimum absolute atomic E-state index is 0.00669. The van der Waals surface area contributed by atoms with Gasteiger partial charge in [0, 0.05) is 56.0 Å². The maximum absolute atomic E-state index is 12.9. The van der Waals surface area contributed by atoms with E-state index in [1.807, 2.05) is 18.2 Å². The van der Waals surface area contributed by atoms with Gasteiger partial charge >= 0.3 is 0 Å². The number of aromatic nitrogens is 1. The first-order valence-corrected chi connectivity index (χ1v) is 12.4. The van der Waals surface area contributed by atoms with E-state index in [4.69, 9.17) is 9.26 Å². The highest BCUT2D eigenvalue weighted by molar-refractivity contribution is 5.93. The number of benzene rings is 3. The van der Waals surface area contributed by atoms with Gasteiger partial charge in [-0.25, -0.2) is 0 Å². The van der Waals surface area contributed by atoms with Crippen LogP contribution in [0.1, 0.15) is 28.9 Å². The van der Waals surface area contributed by atoms with Gasteiger partial charge < -0.3 is 24.8 Å². The molecule has 3 aromatic carbocycles. The summed E-state index contributed by atoms with van der Waals surface area (Å²) in [7, 11) is 0. The molecule has 5 rings (SSSR count). The van der Waals surface area contributed by atoms with Crippen molar-refractivity contribution in [1.82, 2.24) is 15.4 Å². The third-order valence-corrected chi connectivity index (χ3v) is 6.50. The quantitative estimate of drug-likeness (QED) is 0.214. The van der Waals surface area contributed by atoms with Crippen molar-refractivity contribution in [3.63, 3.8) is 0 Å². The zero-order valence-corrected chi connectivity index (χ0v) is 20.8. The highest BCUT2D eigenvalue weighted by Gasteiger charge is 2.25. The molecule has 0 unspecified atom stereocenters. The van der Waals surface area contributed by atoms with Gasteiger partial charge in [-0.05, 0) is 30.5 Å². The monoisotopic (exact) mass is 530 g/mol. The Bertz CT molecular complexity index is 1460. The molecule has 2 heterocycles. The normalized spacial score (nSPS) is 14.2. The fraction of sp³-hybridized carbons (Fsp3) is 0.214. The van der Waals surface area contributed by atoms with Crippen molar-refractivity contribution >= 4 is 11.6 Å². The highest BCUT2D eigenvalue weighted by atomic mass is 16.6. The SMILES string of the molecule is O=C(NC1CCN(Cc2ccccc2)CC1)c1cc(-c2c(O)cc(O)cc2Oc2ccc([N+](=O)[O-])cc2)on1. The third kappa shape index (κ3) is 6.16. The van der Waals surface area contributed by atoms with Crippen molar-refractivity contribution < 1.29 is 29.2 Å². The smallest absolute Gasteiger partial charge is 0.273 e. The number of carbonyl (C=O) groups excluding carboxylic acids is 1. The molecule has 0 saturated carbocycles. The van der Waals surface area contributed by atoms with E-state index in [9.17, 15) is 25.1 Å². The number of carbonyl (C=O) groups is 1. The molecular formula is C28H26N4O7. The van der Waals surface area contributed by atoms with Crippen molar-refractivity contribution in [2.24, 2.45) is 0 Å². The molecule has 1 aliphatic rings. The van der Waals surface area contributed by atoms with Crippen LogP contribution in [0.4, 0.5) is 5.69 Å². The predicted molar refractivity (Wildman–Crippen MR) is 141 cm³/mol. The molecule has 11 nitrogen and oxygen atoms in total. The van der Waals surface area contributed by atoms with Crippen molar-refractivity contribution in [3.8, 4) is 34.3 Å². The van der Waals surface area contributed by atoms with Crippen LogP contribution in [0.3, 0.4) is 0 Å². The molecule has 1 amide bonds. The summed E-state index contributed by atoms with van der Waals surface area (Å²) in [6.45, 7) is 2.58. The number of piperidine rings is 1. The number of aromatic hydroxyl groups is 2. The number of likely N-dealkylation sites (tertiary alicyclic amines) is 1. The van der Waals surface area contributed by atoms with E-state index >= 15 is 0 Å². The maximum Gasteiger partial charge on any atom is 0.273 e. The standard InChI is InChI=1S/C28H26N4O7/c33-21-14-24(34)27(25(15-21)38-22-8-6-20(7-9-22)32(36)37)26-16-23(30-39-26)28(35)29-19-10-12-31(13-11-19)17-18-4-2-1-3-5-18/h1-9,14-16,19,33-34H,10-13,17H2,(H,29,35). The number of hydrogen-bond acceptors (Lipinski definition) is 9. The van der Waals surface area contributed by atoms with Gasteiger partial charge in [0.25, 0.3) is 11.6 Å². The van der Waals surface area contributed by atoms with E-state index in [-0.39, 0.29) is 51.7 Å². The molecule has 39 heavy (non-hydrogen) atoms. The first kappa shape index (κ1) is 25.7. The first-order chi connectivity index (χ1) is 18.9. The zero-order chi connectivity index (χ0) is 27.4. The summed E-state index contributed by atoms with van der Waals surface area (Å²) < 4.78 is 11.1. The molecule has 1 fully saturated rings. The van der Waals surface area contributed by atoms with Crippen LogP contribution < -0.4 is 10.1 Å². The molecule has 0 bridgehead atoms. The molecule has 1 aliphatic heterocycles. The van der Waals surface area contributed by atoms with Gasteiger partial charge in [-0.15, -0.1) is 0 Å². The number of ether oxygens (including phenoxy) is 1. The average molecular weight is 531 g/mol. The summed E-state index contributed by atoms with van der Waals surface area (Å²) in [5.41, 5.74) is 1.23. The number of phenolic OH excluding ortho intramolecular Hbond substituents is 2. The Kier molecular flexibility index (Phi) is 7.41. The number of non-ortho nitro benzene ring substituents is 1. The largest absolute Gasteiger partial charge is 0.508 e. The van der Waals surface area contributed by atoms with Crippen molar-refractivity contribution in [2.75, 3.05) is 13.1 Å². The highest BCUT2D eigenvalue weighted by Crippen LogP contribution is 2.43. The van der Waals surface area contributed by atoms with E-state index in [0.717, 1.165) is 38.5 Å². The van der Waals surface area contributed by atoms with E-state index in [0.29, 0.717) is 0 Å². The van der Waals surface area contributed by atoms with Crippen LogP contribution in [0.2, 0.25) is 0 Å². The number of nitrogens with one attached hydrogen (secondary N) is 1. The van der Waals surface area contributed by atoms with Gasteiger partial charge in [0.1, 0.15) is 28.6 Å². The maximum atomic E-state index is 12.9. The second-order valence-electron chi connectivity index (χ2n) is 9.28. The fourth-order valence-corrected chi connectivity index (χ4v) is 4.51. The van der Waals surface area contributed by atoms with E-state index in [2.05, 4.69) is 27.5 Å². The van der Waals surface area contributed by atoms with Crippen LogP contribution >= 0.6 is 0 Å². The predicted octanol–water partition coefficient (Wildman–Crippen LogP) is 4.85. The average Bonchev–Trinajstić information content (AvgIpc) is 3.40. The molecule has 0 spiro atoms. The van der Waals surface area contributed by atoms with Crippen LogP contribution in [-0.2, 0) is 6.54 Å². The Balaban J connectivity index is 1.25. The summed E-state index contributed by atoms with van der Waals surface area (Å²) in [6, 6.07) is 19.3. The summed E-state index contributed by atoms with van der Waals surface area (Å²) in [5, 5.41) is 38.3. The molecular weight excluding hydrogens is 504 g/mol. The molecule has 4 aromatic rings. The first-order valence-electron chi connectivity index (χ1n) is 12.4. The van der Waals surface area contributed by atoms with E-state index < -0.39 is 10.8 Å². The second kappa shape index (κ2) is 11.2. The van der Waals surface area contributed by atoms with Crippen LogP contribution in [-0.4, -0.2) is 50.2 Å². The summed E-state index contributed by atoms with van der Waals surface area (Å²) >= 11 is 0. The van der Waals surface area contributed by atoms with Crippen LogP contribution in [0.5, 0.6) is 23.0 Å². The van der Waals surface area contributed by atoms with E-state index in [1.54, 1.807) is 0 Å². The Morgan fingerprint density at radius 3 is 2.49 bits per heavy atom. The van der Waals surface area contributed by atoms with Crippen LogP contribution in [0, 0.1) is 10.1 Å². The zero-order valence-electron chi connectivity index (χ0n) is 20.8. The lowest BCUT2D eigenvalue weighted by Crippen LogP contribution is -2.44. The van der Waals surface area contributed by atoms with Gasteiger partial charge in [0.05, 0.1) is 4.92 Å². The summed E-state index contributed by atoms with van der Waals surface area (Å²) in [5.74, 6) is -0.752. The minimum atomic E-state index is -0.537.